The van der Waals surface area contributed by atoms with Crippen LogP contribution < -0.4 is 0 Å². The van der Waals surface area contributed by atoms with E-state index in [-0.39, 0.29) is 11.5 Å². The molecule has 70 valence electrons. The molecule has 0 atom stereocenters. The molecule has 0 aliphatic heterocycles. The molecule has 1 saturated carbocycles. The van der Waals surface area contributed by atoms with Crippen molar-refractivity contribution in [1.29, 1.82) is 0 Å². The summed E-state index contributed by atoms with van der Waals surface area (Å²) in [5, 5.41) is 10.2. The minimum absolute atomic E-state index is 0.123. The second kappa shape index (κ2) is 2.44. The van der Waals surface area contributed by atoms with Crippen molar-refractivity contribution >= 4 is 0 Å². The Bertz CT molecular complexity index is 195. The molecule has 1 aliphatic carbocycles. The van der Waals surface area contributed by atoms with Gasteiger partial charge in [0, 0.05) is 11.3 Å². The van der Waals surface area contributed by atoms with E-state index in [0.717, 1.165) is 6.42 Å². The van der Waals surface area contributed by atoms with Gasteiger partial charge in [-0.05, 0) is 16.7 Å². The van der Waals surface area contributed by atoms with Crippen LogP contribution in [0.25, 0.3) is 0 Å². The predicted molar refractivity (Wildman–Crippen MR) is 47.5 cm³/mol. The molecular formula is C9H17NO2. The third-order valence-electron chi connectivity index (χ3n) is 3.92. The monoisotopic (exact) mass is 171 g/mol. The lowest BCUT2D eigenvalue weighted by atomic mass is 10.0. The van der Waals surface area contributed by atoms with Gasteiger partial charge < -0.3 is 0 Å². The van der Waals surface area contributed by atoms with Gasteiger partial charge >= 0.3 is 0 Å². The molecule has 1 rings (SSSR count). The summed E-state index contributed by atoms with van der Waals surface area (Å²) < 4.78 is 0. The number of nitrogens with zero attached hydrogens (tertiary/aromatic N) is 1. The molecule has 0 spiro atoms. The maximum Gasteiger partial charge on any atom is 0.204 e. The summed E-state index contributed by atoms with van der Waals surface area (Å²) in [5.41, 5.74) is 0.589. The average Bonchev–Trinajstić information content (AvgIpc) is 2.21. The molecule has 3 heteroatoms. The number of nitro groups is 1. The Hall–Kier alpha value is -0.600. The minimum atomic E-state index is -0.218. The van der Waals surface area contributed by atoms with Crippen molar-refractivity contribution < 1.29 is 4.92 Å². The Labute approximate surface area is 73.3 Å². The Kier molecular flexibility index (Phi) is 1.93. The van der Waals surface area contributed by atoms with Gasteiger partial charge in [0.15, 0.2) is 0 Å². The first-order chi connectivity index (χ1) is 5.30. The summed E-state index contributed by atoms with van der Waals surface area (Å²) >= 11 is 0. The van der Waals surface area contributed by atoms with Gasteiger partial charge in [-0.15, -0.1) is 0 Å². The van der Waals surface area contributed by atoms with Crippen LogP contribution in [-0.2, 0) is 0 Å². The maximum absolute atomic E-state index is 10.2. The summed E-state index contributed by atoms with van der Waals surface area (Å²) in [6.07, 6.45) is 0.729. The summed E-state index contributed by atoms with van der Waals surface area (Å²) in [4.78, 5) is 9.94. The highest BCUT2D eigenvalue weighted by Crippen LogP contribution is 2.69. The van der Waals surface area contributed by atoms with Crippen molar-refractivity contribution in [2.24, 2.45) is 16.7 Å². The molecule has 0 aromatic carbocycles. The lowest BCUT2D eigenvalue weighted by Crippen LogP contribution is -2.03. The Balaban J connectivity index is 2.44. The molecule has 0 bridgehead atoms. The van der Waals surface area contributed by atoms with E-state index in [4.69, 9.17) is 0 Å². The van der Waals surface area contributed by atoms with Crippen LogP contribution in [0.15, 0.2) is 0 Å². The van der Waals surface area contributed by atoms with Gasteiger partial charge in [-0.25, -0.2) is 0 Å². The van der Waals surface area contributed by atoms with Gasteiger partial charge in [0.2, 0.25) is 6.54 Å². The van der Waals surface area contributed by atoms with Gasteiger partial charge in [0.1, 0.15) is 0 Å². The first kappa shape index (κ1) is 9.49. The van der Waals surface area contributed by atoms with Crippen molar-refractivity contribution in [1.82, 2.24) is 0 Å². The Morgan fingerprint density at radius 3 is 1.92 bits per heavy atom. The summed E-state index contributed by atoms with van der Waals surface area (Å²) in [5.74, 6) is 0.524. The van der Waals surface area contributed by atoms with Gasteiger partial charge in [-0.1, -0.05) is 27.7 Å². The molecular weight excluding hydrogens is 154 g/mol. The van der Waals surface area contributed by atoms with E-state index in [0.29, 0.717) is 16.7 Å². The highest BCUT2D eigenvalue weighted by molar-refractivity contribution is 5.11. The third-order valence-corrected chi connectivity index (χ3v) is 3.92. The molecule has 0 aromatic rings. The first-order valence-electron chi connectivity index (χ1n) is 4.42. The molecule has 12 heavy (non-hydrogen) atoms. The zero-order valence-corrected chi connectivity index (χ0v) is 8.26. The minimum Gasteiger partial charge on any atom is -0.265 e. The molecule has 0 unspecified atom stereocenters. The van der Waals surface area contributed by atoms with E-state index in [1.807, 2.05) is 0 Å². The lowest BCUT2D eigenvalue weighted by molar-refractivity contribution is -0.481. The number of rotatable bonds is 3. The summed E-state index contributed by atoms with van der Waals surface area (Å²) in [7, 11) is 0. The van der Waals surface area contributed by atoms with Gasteiger partial charge in [0.05, 0.1) is 0 Å². The molecule has 0 aromatic heterocycles. The van der Waals surface area contributed by atoms with Crippen molar-refractivity contribution in [3.63, 3.8) is 0 Å². The molecule has 0 amide bonds. The van der Waals surface area contributed by atoms with Crippen molar-refractivity contribution in [2.45, 2.75) is 34.1 Å². The van der Waals surface area contributed by atoms with E-state index >= 15 is 0 Å². The highest BCUT2D eigenvalue weighted by Gasteiger charge is 2.64. The van der Waals surface area contributed by atoms with Gasteiger partial charge in [-0.3, -0.25) is 10.1 Å². The molecule has 1 aliphatic rings. The fourth-order valence-electron chi connectivity index (χ4n) is 2.29. The molecule has 0 radical (unpaired) electrons. The molecule has 0 heterocycles. The van der Waals surface area contributed by atoms with Crippen LogP contribution in [0.3, 0.4) is 0 Å². The standard InChI is InChI=1S/C9H17NO2/c1-8(2)7(9(8,3)4)5-6-10(11)12/h7H,5-6H2,1-4H3. The van der Waals surface area contributed by atoms with Crippen molar-refractivity contribution in [3.8, 4) is 0 Å². The summed E-state index contributed by atoms with van der Waals surface area (Å²) in [6.45, 7) is 8.89. The van der Waals surface area contributed by atoms with E-state index in [1.54, 1.807) is 0 Å². The van der Waals surface area contributed by atoms with Crippen molar-refractivity contribution in [3.05, 3.63) is 10.1 Å². The second-order valence-corrected chi connectivity index (χ2v) is 4.84. The fourth-order valence-corrected chi connectivity index (χ4v) is 2.29. The largest absolute Gasteiger partial charge is 0.265 e. The summed E-state index contributed by atoms with van der Waals surface area (Å²) in [6, 6.07) is 0. The number of hydrogen-bond acceptors (Lipinski definition) is 2. The average molecular weight is 171 g/mol. The van der Waals surface area contributed by atoms with Gasteiger partial charge in [-0.2, -0.15) is 0 Å². The lowest BCUT2D eigenvalue weighted by Gasteiger charge is -2.04. The predicted octanol–water partition coefficient (Wildman–Crippen LogP) is 2.34. The van der Waals surface area contributed by atoms with Crippen LogP contribution in [-0.4, -0.2) is 11.5 Å². The van der Waals surface area contributed by atoms with Crippen LogP contribution in [0.1, 0.15) is 34.1 Å². The van der Waals surface area contributed by atoms with E-state index in [9.17, 15) is 10.1 Å². The Morgan fingerprint density at radius 1 is 1.25 bits per heavy atom. The zero-order valence-electron chi connectivity index (χ0n) is 8.26. The van der Waals surface area contributed by atoms with E-state index in [2.05, 4.69) is 27.7 Å². The number of hydrogen-bond donors (Lipinski definition) is 0. The molecule has 0 N–H and O–H groups in total. The van der Waals surface area contributed by atoms with E-state index < -0.39 is 0 Å². The zero-order chi connectivity index (χ0) is 9.57. The van der Waals surface area contributed by atoms with Crippen LogP contribution in [0.2, 0.25) is 0 Å². The molecule has 0 saturated heterocycles. The fraction of sp³-hybridized carbons (Fsp3) is 1.00. The topological polar surface area (TPSA) is 43.1 Å². The van der Waals surface area contributed by atoms with Crippen LogP contribution >= 0.6 is 0 Å². The smallest absolute Gasteiger partial charge is 0.204 e. The quantitative estimate of drug-likeness (QED) is 0.483. The van der Waals surface area contributed by atoms with Crippen LogP contribution in [0.4, 0.5) is 0 Å². The molecule has 1 fully saturated rings. The third kappa shape index (κ3) is 1.21. The first-order valence-corrected chi connectivity index (χ1v) is 4.42. The SMILES string of the molecule is CC1(C)C(CC[N+](=O)[O-])C1(C)C. The van der Waals surface area contributed by atoms with E-state index in [1.165, 1.54) is 0 Å². The second-order valence-electron chi connectivity index (χ2n) is 4.84. The van der Waals surface area contributed by atoms with Crippen LogP contribution in [0, 0.1) is 26.9 Å². The maximum atomic E-state index is 10.2. The highest BCUT2D eigenvalue weighted by atomic mass is 16.6. The Morgan fingerprint density at radius 2 is 1.67 bits per heavy atom. The van der Waals surface area contributed by atoms with Gasteiger partial charge in [0.25, 0.3) is 0 Å². The van der Waals surface area contributed by atoms with Crippen LogP contribution in [0.5, 0.6) is 0 Å². The molecule has 3 nitrogen and oxygen atoms in total. The normalized spacial score (nSPS) is 25.3. The van der Waals surface area contributed by atoms with Crippen molar-refractivity contribution in [2.75, 3.05) is 6.54 Å².